The Kier molecular flexibility index (Phi) is 5.30. The zero-order valence-corrected chi connectivity index (χ0v) is 15.2. The predicted molar refractivity (Wildman–Crippen MR) is 92.7 cm³/mol. The Morgan fingerprint density at radius 3 is 2.74 bits per heavy atom. The molecule has 0 bridgehead atoms. The average molecular weight is 319 g/mol. The van der Waals surface area contributed by atoms with Gasteiger partial charge in [0.25, 0.3) is 0 Å². The number of carbonyl (C=O) groups is 1. The van der Waals surface area contributed by atoms with Crippen molar-refractivity contribution in [2.45, 2.75) is 65.1 Å². The lowest BCUT2D eigenvalue weighted by molar-refractivity contribution is 0.0587. The summed E-state index contributed by atoms with van der Waals surface area (Å²) in [4.78, 5) is 20.9. The fourth-order valence-electron chi connectivity index (χ4n) is 3.11. The minimum atomic E-state index is -0.516. The summed E-state index contributed by atoms with van der Waals surface area (Å²) in [5, 5.41) is 0. The molecule has 0 radical (unpaired) electrons. The number of pyridine rings is 1. The summed E-state index contributed by atoms with van der Waals surface area (Å²) in [6, 6.07) is 4.80. The second kappa shape index (κ2) is 6.87. The molecule has 1 aromatic heterocycles. The van der Waals surface area contributed by atoms with Gasteiger partial charge in [-0.1, -0.05) is 6.07 Å². The van der Waals surface area contributed by atoms with E-state index in [9.17, 15) is 4.79 Å². The van der Waals surface area contributed by atoms with Crippen molar-refractivity contribution in [1.29, 1.82) is 0 Å². The zero-order valence-electron chi connectivity index (χ0n) is 15.2. The summed E-state index contributed by atoms with van der Waals surface area (Å²) >= 11 is 0. The Morgan fingerprint density at radius 1 is 1.43 bits per heavy atom. The van der Waals surface area contributed by atoms with Crippen molar-refractivity contribution in [2.24, 2.45) is 0 Å². The molecule has 1 fully saturated rings. The number of hydrogen-bond acceptors (Lipinski definition) is 4. The first-order chi connectivity index (χ1) is 10.7. The van der Waals surface area contributed by atoms with Crippen LogP contribution < -0.4 is 4.90 Å². The standard InChI is InChI=1S/C18H29N3O2/c1-13(2)21-12-8-10-15(21)14-9-7-11-19-16(14)20(6)17(22)23-18(3,4)5/h7,9,11,13,15H,8,10,12H2,1-6H3. The van der Waals surface area contributed by atoms with Crippen molar-refractivity contribution in [2.75, 3.05) is 18.5 Å². The Bertz CT molecular complexity index is 551. The number of hydrogen-bond donors (Lipinski definition) is 0. The third kappa shape index (κ3) is 4.22. The molecule has 0 aromatic carbocycles. The summed E-state index contributed by atoms with van der Waals surface area (Å²) in [6.07, 6.45) is 3.63. The van der Waals surface area contributed by atoms with Crippen LogP contribution >= 0.6 is 0 Å². The highest BCUT2D eigenvalue weighted by Crippen LogP contribution is 2.37. The smallest absolute Gasteiger partial charge is 0.415 e. The molecule has 1 aliphatic heterocycles. The maximum Gasteiger partial charge on any atom is 0.415 e. The van der Waals surface area contributed by atoms with Crippen LogP contribution in [0.3, 0.4) is 0 Å². The van der Waals surface area contributed by atoms with Crippen LogP contribution in [0, 0.1) is 0 Å². The molecule has 23 heavy (non-hydrogen) atoms. The molecule has 1 saturated heterocycles. The Hall–Kier alpha value is -1.62. The number of likely N-dealkylation sites (tertiary alicyclic amines) is 1. The summed E-state index contributed by atoms with van der Waals surface area (Å²) in [5.41, 5.74) is 0.588. The molecule has 0 saturated carbocycles. The van der Waals surface area contributed by atoms with Crippen LogP contribution in [0.15, 0.2) is 18.3 Å². The van der Waals surface area contributed by atoms with Crippen molar-refractivity contribution in [3.63, 3.8) is 0 Å². The van der Waals surface area contributed by atoms with Crippen LogP contribution in [0.4, 0.5) is 10.6 Å². The number of amides is 1. The lowest BCUT2D eigenvalue weighted by atomic mass is 10.0. The number of anilines is 1. The highest BCUT2D eigenvalue weighted by Gasteiger charge is 2.32. The summed E-state index contributed by atoms with van der Waals surface area (Å²) in [6.45, 7) is 11.1. The second-order valence-electron chi connectivity index (χ2n) is 7.45. The quantitative estimate of drug-likeness (QED) is 0.845. The van der Waals surface area contributed by atoms with Crippen LogP contribution in [0.2, 0.25) is 0 Å². The van der Waals surface area contributed by atoms with E-state index in [1.807, 2.05) is 26.8 Å². The molecule has 5 heteroatoms. The average Bonchev–Trinajstić information content (AvgIpc) is 2.94. The number of ether oxygens (including phenoxy) is 1. The lowest BCUT2D eigenvalue weighted by Crippen LogP contribution is -2.36. The largest absolute Gasteiger partial charge is 0.443 e. The van der Waals surface area contributed by atoms with Gasteiger partial charge in [0.1, 0.15) is 11.4 Å². The van der Waals surface area contributed by atoms with Gasteiger partial charge in [-0.05, 0) is 60.1 Å². The van der Waals surface area contributed by atoms with E-state index < -0.39 is 5.60 Å². The van der Waals surface area contributed by atoms with Crippen molar-refractivity contribution < 1.29 is 9.53 Å². The van der Waals surface area contributed by atoms with Gasteiger partial charge in [0.15, 0.2) is 0 Å². The van der Waals surface area contributed by atoms with E-state index in [0.717, 1.165) is 18.5 Å². The predicted octanol–water partition coefficient (Wildman–Crippen LogP) is 4.00. The molecule has 2 heterocycles. The van der Waals surface area contributed by atoms with Crippen LogP contribution in [-0.2, 0) is 4.74 Å². The highest BCUT2D eigenvalue weighted by molar-refractivity contribution is 5.87. The van der Waals surface area contributed by atoms with E-state index in [1.54, 1.807) is 13.2 Å². The number of nitrogens with zero attached hydrogens (tertiary/aromatic N) is 3. The first kappa shape index (κ1) is 17.7. The van der Waals surface area contributed by atoms with Crippen LogP contribution in [-0.4, -0.2) is 41.2 Å². The number of rotatable bonds is 3. The molecule has 0 spiro atoms. The van der Waals surface area contributed by atoms with Gasteiger partial charge in [-0.25, -0.2) is 9.78 Å². The molecular weight excluding hydrogens is 290 g/mol. The lowest BCUT2D eigenvalue weighted by Gasteiger charge is -2.31. The van der Waals surface area contributed by atoms with Crippen molar-refractivity contribution in [3.8, 4) is 0 Å². The van der Waals surface area contributed by atoms with E-state index in [2.05, 4.69) is 29.8 Å². The maximum absolute atomic E-state index is 12.4. The normalized spacial score (nSPS) is 19.2. The molecule has 1 amide bonds. The van der Waals surface area contributed by atoms with Gasteiger partial charge >= 0.3 is 6.09 Å². The first-order valence-electron chi connectivity index (χ1n) is 8.38. The van der Waals surface area contributed by atoms with Crippen LogP contribution in [0.5, 0.6) is 0 Å². The van der Waals surface area contributed by atoms with Gasteiger partial charge in [0, 0.05) is 30.9 Å². The molecule has 2 rings (SSSR count). The van der Waals surface area contributed by atoms with E-state index in [4.69, 9.17) is 4.74 Å². The summed E-state index contributed by atoms with van der Waals surface area (Å²) < 4.78 is 5.48. The minimum Gasteiger partial charge on any atom is -0.443 e. The maximum atomic E-state index is 12.4. The molecule has 1 aliphatic rings. The molecule has 128 valence electrons. The third-order valence-corrected chi connectivity index (χ3v) is 4.12. The molecule has 5 nitrogen and oxygen atoms in total. The number of aromatic nitrogens is 1. The molecule has 1 aromatic rings. The second-order valence-corrected chi connectivity index (χ2v) is 7.45. The summed E-state index contributed by atoms with van der Waals surface area (Å²) in [7, 11) is 1.73. The van der Waals surface area contributed by atoms with Gasteiger partial charge in [0.2, 0.25) is 0 Å². The fraction of sp³-hybridized carbons (Fsp3) is 0.667. The van der Waals surface area contributed by atoms with Gasteiger partial charge in [-0.3, -0.25) is 9.80 Å². The Labute approximate surface area is 139 Å². The van der Waals surface area contributed by atoms with E-state index in [0.29, 0.717) is 17.9 Å². The SMILES string of the molecule is CC(C)N1CCCC1c1cccnc1N(C)C(=O)OC(C)(C)C. The molecule has 0 aliphatic carbocycles. The fourth-order valence-corrected chi connectivity index (χ4v) is 3.11. The van der Waals surface area contributed by atoms with Crippen molar-refractivity contribution in [3.05, 3.63) is 23.9 Å². The minimum absolute atomic E-state index is 0.309. The monoisotopic (exact) mass is 319 g/mol. The van der Waals surface area contributed by atoms with Crippen LogP contribution in [0.1, 0.15) is 59.1 Å². The van der Waals surface area contributed by atoms with E-state index in [1.165, 1.54) is 11.3 Å². The topological polar surface area (TPSA) is 45.7 Å². The van der Waals surface area contributed by atoms with Crippen molar-refractivity contribution >= 4 is 11.9 Å². The van der Waals surface area contributed by atoms with Gasteiger partial charge in [-0.2, -0.15) is 0 Å². The third-order valence-electron chi connectivity index (χ3n) is 4.12. The molecular formula is C18H29N3O2. The van der Waals surface area contributed by atoms with E-state index >= 15 is 0 Å². The highest BCUT2D eigenvalue weighted by atomic mass is 16.6. The van der Waals surface area contributed by atoms with E-state index in [-0.39, 0.29) is 6.09 Å². The van der Waals surface area contributed by atoms with Gasteiger partial charge < -0.3 is 4.74 Å². The molecule has 1 unspecified atom stereocenters. The molecule has 1 atom stereocenters. The van der Waals surface area contributed by atoms with Gasteiger partial charge in [0.05, 0.1) is 0 Å². The Morgan fingerprint density at radius 2 is 2.13 bits per heavy atom. The van der Waals surface area contributed by atoms with Crippen LogP contribution in [0.25, 0.3) is 0 Å². The van der Waals surface area contributed by atoms with Gasteiger partial charge in [-0.15, -0.1) is 0 Å². The summed E-state index contributed by atoms with van der Waals surface area (Å²) in [5.74, 6) is 0.694. The zero-order chi connectivity index (χ0) is 17.2. The number of carbonyl (C=O) groups excluding carboxylic acids is 1. The molecule has 0 N–H and O–H groups in total. The first-order valence-corrected chi connectivity index (χ1v) is 8.38. The van der Waals surface area contributed by atoms with Crippen molar-refractivity contribution in [1.82, 2.24) is 9.88 Å². The Balaban J connectivity index is 2.28.